The van der Waals surface area contributed by atoms with E-state index in [0.717, 1.165) is 16.3 Å². The molecule has 0 fully saturated rings. The van der Waals surface area contributed by atoms with Crippen LogP contribution in [0.5, 0.6) is 0 Å². The number of amides is 2. The number of carbonyl (C=O) groups is 2. The number of fused-ring (bicyclic) bond motifs is 1. The summed E-state index contributed by atoms with van der Waals surface area (Å²) in [5.41, 5.74) is 2.85. The molecule has 132 valence electrons. The Bertz CT molecular complexity index is 917. The van der Waals surface area contributed by atoms with Gasteiger partial charge in [0.2, 0.25) is 5.91 Å². The van der Waals surface area contributed by atoms with Gasteiger partial charge in [0.1, 0.15) is 0 Å². The van der Waals surface area contributed by atoms with Crippen LogP contribution in [-0.2, 0) is 11.3 Å². The maximum atomic E-state index is 12.2. The fraction of sp³-hybridized carbons (Fsp3) is 0.182. The van der Waals surface area contributed by atoms with Crippen molar-refractivity contribution in [3.05, 3.63) is 83.4 Å². The summed E-state index contributed by atoms with van der Waals surface area (Å²) in [4.78, 5) is 24.2. The second-order valence-corrected chi connectivity index (χ2v) is 6.33. The van der Waals surface area contributed by atoms with Gasteiger partial charge in [-0.2, -0.15) is 0 Å². The zero-order valence-corrected chi connectivity index (χ0v) is 14.8. The van der Waals surface area contributed by atoms with Crippen LogP contribution in [0.2, 0.25) is 0 Å². The Morgan fingerprint density at radius 2 is 1.58 bits per heavy atom. The number of hydrogen-bond acceptors (Lipinski definition) is 2. The average molecular weight is 346 g/mol. The molecule has 3 rings (SSSR count). The van der Waals surface area contributed by atoms with Crippen molar-refractivity contribution in [1.29, 1.82) is 0 Å². The Hall–Kier alpha value is -3.14. The smallest absolute Gasteiger partial charge is 0.251 e. The van der Waals surface area contributed by atoms with Crippen molar-refractivity contribution in [3.63, 3.8) is 0 Å². The summed E-state index contributed by atoms with van der Waals surface area (Å²) < 4.78 is 0. The van der Waals surface area contributed by atoms with Crippen molar-refractivity contribution in [2.45, 2.75) is 19.9 Å². The summed E-state index contributed by atoms with van der Waals surface area (Å²) in [6, 6.07) is 21.5. The summed E-state index contributed by atoms with van der Waals surface area (Å²) in [6.07, 6.45) is 0.255. The first-order valence-electron chi connectivity index (χ1n) is 8.71. The predicted octanol–water partition coefficient (Wildman–Crippen LogP) is 3.58. The predicted molar refractivity (Wildman–Crippen MR) is 104 cm³/mol. The topological polar surface area (TPSA) is 58.2 Å². The van der Waals surface area contributed by atoms with Crippen LogP contribution in [0.25, 0.3) is 10.8 Å². The highest BCUT2D eigenvalue weighted by atomic mass is 16.2. The Morgan fingerprint density at radius 3 is 2.35 bits per heavy atom. The van der Waals surface area contributed by atoms with Gasteiger partial charge >= 0.3 is 0 Å². The van der Waals surface area contributed by atoms with Gasteiger partial charge in [-0.15, -0.1) is 0 Å². The minimum Gasteiger partial charge on any atom is -0.352 e. The average Bonchev–Trinajstić information content (AvgIpc) is 2.67. The molecule has 0 unspecified atom stereocenters. The normalized spacial score (nSPS) is 10.5. The van der Waals surface area contributed by atoms with E-state index in [0.29, 0.717) is 18.7 Å². The van der Waals surface area contributed by atoms with Crippen LogP contribution in [0.15, 0.2) is 66.7 Å². The van der Waals surface area contributed by atoms with Crippen molar-refractivity contribution in [3.8, 4) is 0 Å². The summed E-state index contributed by atoms with van der Waals surface area (Å²) in [5.74, 6) is -0.244. The molecule has 3 aromatic carbocycles. The highest BCUT2D eigenvalue weighted by molar-refractivity contribution is 5.98. The van der Waals surface area contributed by atoms with Crippen molar-refractivity contribution >= 4 is 22.6 Å². The largest absolute Gasteiger partial charge is 0.352 e. The third-order valence-corrected chi connectivity index (χ3v) is 4.26. The van der Waals surface area contributed by atoms with E-state index in [4.69, 9.17) is 0 Å². The van der Waals surface area contributed by atoms with Crippen molar-refractivity contribution < 1.29 is 9.59 Å². The lowest BCUT2D eigenvalue weighted by molar-refractivity contribution is -0.121. The molecular weight excluding hydrogens is 324 g/mol. The number of benzene rings is 3. The van der Waals surface area contributed by atoms with Crippen LogP contribution >= 0.6 is 0 Å². The first kappa shape index (κ1) is 17.7. The van der Waals surface area contributed by atoms with Crippen LogP contribution in [0.1, 0.15) is 27.9 Å². The Balaban J connectivity index is 1.45. The van der Waals surface area contributed by atoms with E-state index in [-0.39, 0.29) is 18.2 Å². The summed E-state index contributed by atoms with van der Waals surface area (Å²) >= 11 is 0. The van der Waals surface area contributed by atoms with E-state index in [9.17, 15) is 9.59 Å². The molecule has 3 aromatic rings. The Labute approximate surface area is 153 Å². The number of aryl methyl sites for hydroxylation is 1. The van der Waals surface area contributed by atoms with E-state index in [1.165, 1.54) is 5.56 Å². The maximum Gasteiger partial charge on any atom is 0.251 e. The third-order valence-electron chi connectivity index (χ3n) is 4.26. The lowest BCUT2D eigenvalue weighted by atomic mass is 10.1. The number of rotatable bonds is 6. The standard InChI is InChI=1S/C22H22N2O2/c1-16-6-8-17(9-7-16)15-24-21(25)12-13-23-22(26)20-11-10-18-4-2-3-5-19(18)14-20/h2-11,14H,12-13,15H2,1H3,(H,23,26)(H,24,25). The molecule has 0 saturated heterocycles. The molecule has 0 spiro atoms. The zero-order chi connectivity index (χ0) is 18.4. The molecule has 0 atom stereocenters. The van der Waals surface area contributed by atoms with Crippen molar-refractivity contribution in [2.75, 3.05) is 6.54 Å². The van der Waals surface area contributed by atoms with E-state index in [2.05, 4.69) is 10.6 Å². The monoisotopic (exact) mass is 346 g/mol. The van der Waals surface area contributed by atoms with E-state index >= 15 is 0 Å². The van der Waals surface area contributed by atoms with Gasteiger partial charge in [0, 0.05) is 25.1 Å². The molecule has 0 heterocycles. The second kappa shape index (κ2) is 8.30. The number of carbonyl (C=O) groups excluding carboxylic acids is 2. The minimum absolute atomic E-state index is 0.0793. The van der Waals surface area contributed by atoms with Crippen LogP contribution in [0.4, 0.5) is 0 Å². The van der Waals surface area contributed by atoms with Crippen molar-refractivity contribution in [1.82, 2.24) is 10.6 Å². The molecular formula is C22H22N2O2. The lowest BCUT2D eigenvalue weighted by Gasteiger charge is -2.08. The van der Waals surface area contributed by atoms with Gasteiger partial charge in [-0.05, 0) is 35.4 Å². The molecule has 0 aliphatic heterocycles. The number of nitrogens with one attached hydrogen (secondary N) is 2. The van der Waals surface area contributed by atoms with Gasteiger partial charge in [0.15, 0.2) is 0 Å². The highest BCUT2D eigenvalue weighted by Gasteiger charge is 2.07. The van der Waals surface area contributed by atoms with Gasteiger partial charge in [0.25, 0.3) is 5.91 Å². The number of hydrogen-bond donors (Lipinski definition) is 2. The fourth-order valence-electron chi connectivity index (χ4n) is 2.72. The highest BCUT2D eigenvalue weighted by Crippen LogP contribution is 2.15. The van der Waals surface area contributed by atoms with Crippen LogP contribution in [0.3, 0.4) is 0 Å². The molecule has 2 N–H and O–H groups in total. The first-order chi connectivity index (χ1) is 12.6. The lowest BCUT2D eigenvalue weighted by Crippen LogP contribution is -2.30. The van der Waals surface area contributed by atoms with Crippen LogP contribution < -0.4 is 10.6 Å². The van der Waals surface area contributed by atoms with Gasteiger partial charge in [-0.25, -0.2) is 0 Å². The maximum absolute atomic E-state index is 12.2. The molecule has 0 aromatic heterocycles. The first-order valence-corrected chi connectivity index (χ1v) is 8.71. The van der Waals surface area contributed by atoms with E-state index < -0.39 is 0 Å². The van der Waals surface area contributed by atoms with Gasteiger partial charge in [-0.3, -0.25) is 9.59 Å². The molecule has 0 saturated carbocycles. The molecule has 0 bridgehead atoms. The summed E-state index contributed by atoms with van der Waals surface area (Å²) in [7, 11) is 0. The SMILES string of the molecule is Cc1ccc(CNC(=O)CCNC(=O)c2ccc3ccccc3c2)cc1. The molecule has 0 aliphatic rings. The van der Waals surface area contributed by atoms with Crippen molar-refractivity contribution in [2.24, 2.45) is 0 Å². The molecule has 4 heteroatoms. The van der Waals surface area contributed by atoms with E-state index in [1.54, 1.807) is 6.07 Å². The summed E-state index contributed by atoms with van der Waals surface area (Å²) in [6.45, 7) is 2.84. The van der Waals surface area contributed by atoms with Gasteiger partial charge in [0.05, 0.1) is 0 Å². The quantitative estimate of drug-likeness (QED) is 0.717. The minimum atomic E-state index is -0.165. The molecule has 0 radical (unpaired) electrons. The van der Waals surface area contributed by atoms with Gasteiger partial charge < -0.3 is 10.6 Å². The molecule has 2 amide bonds. The molecule has 4 nitrogen and oxygen atoms in total. The third kappa shape index (κ3) is 4.70. The van der Waals surface area contributed by atoms with Crippen LogP contribution in [-0.4, -0.2) is 18.4 Å². The zero-order valence-electron chi connectivity index (χ0n) is 14.8. The van der Waals surface area contributed by atoms with Crippen LogP contribution in [0, 0.1) is 6.92 Å². The Morgan fingerprint density at radius 1 is 0.846 bits per heavy atom. The Kier molecular flexibility index (Phi) is 5.64. The van der Waals surface area contributed by atoms with Gasteiger partial charge in [-0.1, -0.05) is 60.2 Å². The fourth-order valence-corrected chi connectivity index (χ4v) is 2.72. The molecule has 0 aliphatic carbocycles. The molecule has 26 heavy (non-hydrogen) atoms. The van der Waals surface area contributed by atoms with E-state index in [1.807, 2.05) is 67.6 Å². The summed E-state index contributed by atoms with van der Waals surface area (Å²) in [5, 5.41) is 7.79. The second-order valence-electron chi connectivity index (χ2n) is 6.33.